The van der Waals surface area contributed by atoms with Gasteiger partial charge in [0.05, 0.1) is 36.5 Å². The molecule has 0 bridgehead atoms. The third-order valence-electron chi connectivity index (χ3n) is 7.96. The predicted molar refractivity (Wildman–Crippen MR) is 164 cm³/mol. The molecule has 11 heteroatoms. The number of nitrogens with one attached hydrogen (secondary N) is 2. The molecule has 1 amide bonds. The largest absolute Gasteiger partial charge is 0.495 e. The van der Waals surface area contributed by atoms with Crippen LogP contribution in [0.1, 0.15) is 54.6 Å². The molecule has 0 aliphatic carbocycles. The molecule has 1 aliphatic heterocycles. The first-order valence-electron chi connectivity index (χ1n) is 13.7. The highest BCUT2D eigenvalue weighted by atomic mass is 35.5. The minimum Gasteiger partial charge on any atom is -0.495 e. The first-order valence-corrected chi connectivity index (χ1v) is 14.5. The van der Waals surface area contributed by atoms with Crippen molar-refractivity contribution in [1.29, 1.82) is 0 Å². The number of carbonyl (C=O) groups is 2. The Morgan fingerprint density at radius 3 is 2.40 bits per heavy atom. The summed E-state index contributed by atoms with van der Waals surface area (Å²) in [6, 6.07) is 11.6. The maximum absolute atomic E-state index is 15.9. The van der Waals surface area contributed by atoms with Crippen molar-refractivity contribution in [2.24, 2.45) is 11.1 Å². The number of anilines is 1. The van der Waals surface area contributed by atoms with E-state index in [0.29, 0.717) is 6.42 Å². The smallest absolute Gasteiger partial charge is 0.337 e. The molecule has 1 saturated heterocycles. The number of amides is 1. The quantitative estimate of drug-likeness (QED) is 0.246. The maximum Gasteiger partial charge on any atom is 0.337 e. The number of nitrogens with two attached hydrogens (primary N) is 1. The summed E-state index contributed by atoms with van der Waals surface area (Å²) >= 11 is 12.4. The summed E-state index contributed by atoms with van der Waals surface area (Å²) in [7, 11) is 2.65. The van der Waals surface area contributed by atoms with Gasteiger partial charge in [-0.25, -0.2) is 13.6 Å². The van der Waals surface area contributed by atoms with Crippen molar-refractivity contribution in [2.75, 3.05) is 26.1 Å². The summed E-state index contributed by atoms with van der Waals surface area (Å²) < 4.78 is 42.0. The van der Waals surface area contributed by atoms with E-state index < -0.39 is 46.9 Å². The lowest BCUT2D eigenvalue weighted by Gasteiger charge is -2.42. The third-order valence-corrected chi connectivity index (χ3v) is 8.48. The number of benzene rings is 3. The number of hydrogen-bond acceptors (Lipinski definition) is 6. The summed E-state index contributed by atoms with van der Waals surface area (Å²) in [4.78, 5) is 26.2. The molecule has 4 rings (SSSR count). The fraction of sp³-hybridized carbons (Fsp3) is 0.375. The second-order valence-corrected chi connectivity index (χ2v) is 12.7. The van der Waals surface area contributed by atoms with Crippen LogP contribution < -0.4 is 21.1 Å². The van der Waals surface area contributed by atoms with Crippen LogP contribution in [-0.2, 0) is 14.9 Å². The van der Waals surface area contributed by atoms with E-state index >= 15 is 8.78 Å². The summed E-state index contributed by atoms with van der Waals surface area (Å²) in [5.74, 6) is -3.26. The number of hydrogen-bond donors (Lipinski definition) is 3. The van der Waals surface area contributed by atoms with Crippen molar-refractivity contribution in [3.63, 3.8) is 0 Å². The molecule has 7 nitrogen and oxygen atoms in total. The highest BCUT2D eigenvalue weighted by molar-refractivity contribution is 6.31. The Balaban J connectivity index is 1.92. The van der Waals surface area contributed by atoms with Gasteiger partial charge in [0.25, 0.3) is 0 Å². The molecular formula is C32H35Cl2F2N3O4. The van der Waals surface area contributed by atoms with Gasteiger partial charge >= 0.3 is 5.97 Å². The van der Waals surface area contributed by atoms with E-state index in [9.17, 15) is 9.59 Å². The number of carbonyl (C=O) groups excluding carboxylic acids is 2. The Morgan fingerprint density at radius 2 is 1.79 bits per heavy atom. The molecule has 0 aromatic heterocycles. The van der Waals surface area contributed by atoms with Gasteiger partial charge in [-0.1, -0.05) is 62.2 Å². The van der Waals surface area contributed by atoms with Gasteiger partial charge in [-0.3, -0.25) is 4.79 Å². The molecule has 43 heavy (non-hydrogen) atoms. The number of ether oxygens (including phenoxy) is 2. The lowest BCUT2D eigenvalue weighted by atomic mass is 9.62. The van der Waals surface area contributed by atoms with Gasteiger partial charge < -0.3 is 25.8 Å². The van der Waals surface area contributed by atoms with Crippen LogP contribution in [0.15, 0.2) is 54.6 Å². The summed E-state index contributed by atoms with van der Waals surface area (Å²) in [6.45, 7) is 5.93. The molecule has 1 fully saturated rings. The van der Waals surface area contributed by atoms with E-state index in [4.69, 9.17) is 38.4 Å². The molecular weight excluding hydrogens is 599 g/mol. The maximum atomic E-state index is 15.9. The van der Waals surface area contributed by atoms with Crippen LogP contribution in [0, 0.1) is 17.0 Å². The van der Waals surface area contributed by atoms with Gasteiger partial charge in [-0.15, -0.1) is 0 Å². The number of rotatable bonds is 8. The highest BCUT2D eigenvalue weighted by Gasteiger charge is 2.59. The number of halogens is 4. The van der Waals surface area contributed by atoms with E-state index in [-0.39, 0.29) is 50.1 Å². The van der Waals surface area contributed by atoms with Crippen LogP contribution in [0.3, 0.4) is 0 Å². The fourth-order valence-corrected chi connectivity index (χ4v) is 6.47. The average Bonchev–Trinajstić information content (AvgIpc) is 3.27. The predicted octanol–water partition coefficient (Wildman–Crippen LogP) is 6.46. The topological polar surface area (TPSA) is 103 Å². The Labute approximate surface area is 260 Å². The van der Waals surface area contributed by atoms with E-state index in [1.54, 1.807) is 18.2 Å². The van der Waals surface area contributed by atoms with E-state index in [1.807, 2.05) is 20.8 Å². The molecule has 0 radical (unpaired) electrons. The van der Waals surface area contributed by atoms with Gasteiger partial charge in [-0.05, 0) is 59.4 Å². The second kappa shape index (κ2) is 12.8. The van der Waals surface area contributed by atoms with Crippen molar-refractivity contribution < 1.29 is 27.8 Å². The monoisotopic (exact) mass is 633 g/mol. The zero-order chi connectivity index (χ0) is 31.7. The standard InChI is InChI=1S/C32H35Cl2F2N3O4/c1-31(2,3)15-25-32(16-37,20-11-10-18(33)14-22(20)35)26(19-7-6-8-21(34)27(19)36)28(39-25)29(40)38-23-12-9-17(30(41)43-5)13-24(23)42-4/h6-14,25-26,28,39H,15-16,37H2,1-5H3,(H,38,40)/t25-,26-,28+,32-/m0/s1. The summed E-state index contributed by atoms with van der Waals surface area (Å²) in [5.41, 5.74) is 5.78. The molecule has 0 unspecified atom stereocenters. The van der Waals surface area contributed by atoms with Crippen molar-refractivity contribution in [1.82, 2.24) is 5.32 Å². The lowest BCUT2D eigenvalue weighted by Crippen LogP contribution is -2.50. The van der Waals surface area contributed by atoms with Crippen LogP contribution >= 0.6 is 23.2 Å². The highest BCUT2D eigenvalue weighted by Crippen LogP contribution is 2.52. The molecule has 4 atom stereocenters. The Bertz CT molecular complexity index is 1530. The molecule has 3 aromatic rings. The molecule has 230 valence electrons. The fourth-order valence-electron chi connectivity index (χ4n) is 6.13. The van der Waals surface area contributed by atoms with E-state index in [1.165, 1.54) is 50.6 Å². The first-order chi connectivity index (χ1) is 20.3. The van der Waals surface area contributed by atoms with E-state index in [0.717, 1.165) is 0 Å². The molecule has 1 heterocycles. The average molecular weight is 635 g/mol. The number of methoxy groups -OCH3 is 2. The summed E-state index contributed by atoms with van der Waals surface area (Å²) in [6.07, 6.45) is 0.464. The zero-order valence-corrected chi connectivity index (χ0v) is 26.1. The Kier molecular flexibility index (Phi) is 9.71. The van der Waals surface area contributed by atoms with Crippen LogP contribution in [0.25, 0.3) is 0 Å². The molecule has 0 saturated carbocycles. The van der Waals surface area contributed by atoms with Gasteiger partial charge in [0.15, 0.2) is 0 Å². The minimum atomic E-state index is -1.30. The third kappa shape index (κ3) is 6.36. The molecule has 0 spiro atoms. The summed E-state index contributed by atoms with van der Waals surface area (Å²) in [5, 5.41) is 6.31. The van der Waals surface area contributed by atoms with Crippen molar-refractivity contribution in [3.8, 4) is 5.75 Å². The van der Waals surface area contributed by atoms with Crippen LogP contribution in [-0.4, -0.2) is 44.7 Å². The van der Waals surface area contributed by atoms with E-state index in [2.05, 4.69) is 10.6 Å². The van der Waals surface area contributed by atoms with Crippen LogP contribution in [0.5, 0.6) is 5.75 Å². The lowest BCUT2D eigenvalue weighted by molar-refractivity contribution is -0.118. The van der Waals surface area contributed by atoms with Crippen LogP contribution in [0.4, 0.5) is 14.5 Å². The van der Waals surface area contributed by atoms with Gasteiger partial charge in [0, 0.05) is 28.9 Å². The van der Waals surface area contributed by atoms with Crippen molar-refractivity contribution in [2.45, 2.75) is 50.6 Å². The van der Waals surface area contributed by atoms with Crippen LogP contribution in [0.2, 0.25) is 10.0 Å². The molecule has 1 aliphatic rings. The Morgan fingerprint density at radius 1 is 1.07 bits per heavy atom. The van der Waals surface area contributed by atoms with Crippen molar-refractivity contribution >= 4 is 40.8 Å². The molecule has 3 aromatic carbocycles. The SMILES string of the molecule is COC(=O)c1ccc(NC(=O)[C@@H]2N[C@@H](CC(C)(C)C)[C@](CN)(c3ccc(Cl)cc3F)[C@H]2c2cccc(Cl)c2F)c(OC)c1. The second-order valence-electron chi connectivity index (χ2n) is 11.8. The Hall–Kier alpha value is -3.24. The zero-order valence-electron chi connectivity index (χ0n) is 24.6. The van der Waals surface area contributed by atoms with Gasteiger partial charge in [0.1, 0.15) is 17.4 Å². The normalized spacial score (nSPS) is 21.9. The van der Waals surface area contributed by atoms with Crippen molar-refractivity contribution in [3.05, 3.63) is 93.0 Å². The molecule has 4 N–H and O–H groups in total. The van der Waals surface area contributed by atoms with Gasteiger partial charge in [0.2, 0.25) is 5.91 Å². The first kappa shape index (κ1) is 32.7. The minimum absolute atomic E-state index is 0.115. The number of esters is 1. The van der Waals surface area contributed by atoms with Gasteiger partial charge in [-0.2, -0.15) is 0 Å².